The highest BCUT2D eigenvalue weighted by molar-refractivity contribution is 6.02. The molecule has 0 amide bonds. The summed E-state index contributed by atoms with van der Waals surface area (Å²) in [4.78, 5) is 5.24. The van der Waals surface area contributed by atoms with Crippen LogP contribution in [0.25, 0.3) is 122 Å². The lowest BCUT2D eigenvalue weighted by Gasteiger charge is -2.36. The summed E-state index contributed by atoms with van der Waals surface area (Å²) in [5.74, 6) is 0. The summed E-state index contributed by atoms with van der Waals surface area (Å²) in [6.07, 6.45) is 0. The molecule has 136 heavy (non-hydrogen) atoms. The Hall–Kier alpha value is -16.0. The Bertz CT molecular complexity index is 8110. The van der Waals surface area contributed by atoms with Crippen LogP contribution in [0.15, 0.2) is 461 Å². The second-order valence-corrected chi connectivity index (χ2v) is 40.5. The van der Waals surface area contributed by atoms with Gasteiger partial charge in [0.05, 0.1) is 22.2 Å². The molecular formula is C134H100N2. The third kappa shape index (κ3) is 11.8. The Labute approximate surface area is 798 Å². The van der Waals surface area contributed by atoms with Crippen molar-refractivity contribution in [3.8, 4) is 122 Å². The van der Waals surface area contributed by atoms with Gasteiger partial charge >= 0.3 is 0 Å². The zero-order valence-electron chi connectivity index (χ0n) is 77.8. The molecule has 26 rings (SSSR count). The van der Waals surface area contributed by atoms with Crippen molar-refractivity contribution in [3.63, 3.8) is 0 Å². The highest BCUT2D eigenvalue weighted by Crippen LogP contribution is 2.65. The van der Waals surface area contributed by atoms with Crippen LogP contribution in [0.4, 0.5) is 34.1 Å². The molecule has 2 nitrogen and oxygen atoms in total. The quantitative estimate of drug-likeness (QED) is 0.101. The Morgan fingerprint density at radius 2 is 0.375 bits per heavy atom. The van der Waals surface area contributed by atoms with Gasteiger partial charge in [0, 0.05) is 55.5 Å². The molecule has 20 aromatic rings. The lowest BCUT2D eigenvalue weighted by atomic mass is 9.67. The zero-order valence-corrected chi connectivity index (χ0v) is 77.8. The van der Waals surface area contributed by atoms with Gasteiger partial charge in [-0.25, -0.2) is 0 Å². The van der Waals surface area contributed by atoms with E-state index in [1.54, 1.807) is 0 Å². The molecule has 0 N–H and O–H groups in total. The highest BCUT2D eigenvalue weighted by Gasteiger charge is 2.51. The van der Waals surface area contributed by atoms with Gasteiger partial charge in [-0.15, -0.1) is 0 Å². The average molecular weight is 1740 g/mol. The van der Waals surface area contributed by atoms with Crippen LogP contribution >= 0.6 is 0 Å². The lowest BCUT2D eigenvalue weighted by Crippen LogP contribution is -2.29. The van der Waals surface area contributed by atoms with Crippen LogP contribution in [0.2, 0.25) is 0 Å². The van der Waals surface area contributed by atoms with Crippen LogP contribution in [-0.4, -0.2) is 0 Å². The van der Waals surface area contributed by atoms with Crippen molar-refractivity contribution in [2.45, 2.75) is 87.9 Å². The maximum atomic E-state index is 2.62. The van der Waals surface area contributed by atoms with E-state index in [-0.39, 0.29) is 21.7 Å². The zero-order chi connectivity index (χ0) is 91.3. The number of anilines is 6. The summed E-state index contributed by atoms with van der Waals surface area (Å²) in [6, 6.07) is 176. The van der Waals surface area contributed by atoms with Crippen molar-refractivity contribution >= 4 is 34.1 Å². The maximum absolute atomic E-state index is 2.62. The number of nitrogens with zero attached hydrogens (tertiary/aromatic N) is 2. The van der Waals surface area contributed by atoms with E-state index in [9.17, 15) is 0 Å². The first-order valence-corrected chi connectivity index (χ1v) is 48.2. The third-order valence-electron chi connectivity index (χ3n) is 32.1. The first-order valence-electron chi connectivity index (χ1n) is 48.2. The van der Waals surface area contributed by atoms with E-state index in [0.717, 1.165) is 67.5 Å². The normalized spacial score (nSPS) is 15.0. The largest absolute Gasteiger partial charge is 0.310 e. The van der Waals surface area contributed by atoms with Crippen LogP contribution < -0.4 is 9.80 Å². The Morgan fingerprint density at radius 3 is 0.743 bits per heavy atom. The van der Waals surface area contributed by atoms with E-state index >= 15 is 0 Å². The minimum absolute atomic E-state index is 0.243. The molecule has 0 saturated carbocycles. The van der Waals surface area contributed by atoms with Gasteiger partial charge in [-0.1, -0.05) is 432 Å². The predicted molar refractivity (Wildman–Crippen MR) is 568 cm³/mol. The summed E-state index contributed by atoms with van der Waals surface area (Å²) < 4.78 is 0. The molecule has 0 spiro atoms. The van der Waals surface area contributed by atoms with E-state index in [1.165, 1.54) is 178 Å². The minimum Gasteiger partial charge on any atom is -0.310 e. The summed E-state index contributed by atoms with van der Waals surface area (Å²) in [5, 5.41) is 0. The van der Waals surface area contributed by atoms with Crippen molar-refractivity contribution in [1.29, 1.82) is 0 Å². The molecule has 0 atom stereocenters. The van der Waals surface area contributed by atoms with Crippen molar-refractivity contribution in [1.82, 2.24) is 0 Å². The van der Waals surface area contributed by atoms with Gasteiger partial charge in [0.25, 0.3) is 0 Å². The topological polar surface area (TPSA) is 6.48 Å². The number of rotatable bonds is 15. The fraction of sp³-hybridized carbons (Fsp3) is 0.104. The van der Waals surface area contributed by atoms with E-state index in [0.29, 0.717) is 0 Å². The molecule has 0 bridgehead atoms. The molecule has 2 heteroatoms. The summed E-state index contributed by atoms with van der Waals surface area (Å²) in [7, 11) is 0. The fourth-order valence-corrected chi connectivity index (χ4v) is 25.4. The minimum atomic E-state index is -0.656. The second-order valence-electron chi connectivity index (χ2n) is 40.5. The highest BCUT2D eigenvalue weighted by atomic mass is 15.2. The smallest absolute Gasteiger partial charge is 0.0714 e. The van der Waals surface area contributed by atoms with Crippen LogP contribution in [0.1, 0.15) is 144 Å². The first kappa shape index (κ1) is 80.8. The molecule has 0 aromatic heterocycles. The number of fused-ring (bicyclic) bond motifs is 18. The van der Waals surface area contributed by atoms with E-state index in [1.807, 2.05) is 0 Å². The molecule has 646 valence electrons. The maximum Gasteiger partial charge on any atom is 0.0714 e. The molecular weight excluding hydrogens is 1640 g/mol. The van der Waals surface area contributed by atoms with E-state index < -0.39 is 10.8 Å². The van der Waals surface area contributed by atoms with Crippen molar-refractivity contribution in [3.05, 3.63) is 550 Å². The van der Waals surface area contributed by atoms with Gasteiger partial charge in [-0.2, -0.15) is 0 Å². The number of hydrogen-bond donors (Lipinski definition) is 0. The Balaban J connectivity index is 0.605. The van der Waals surface area contributed by atoms with Crippen LogP contribution in [0.3, 0.4) is 0 Å². The summed E-state index contributed by atoms with van der Waals surface area (Å²) in [5.41, 5.74) is 51.8. The standard InChI is InChI=1S/C134H100N2/c1-129(2)115-52-29-24-47-101(115)106-70-66-97(77-121(106)129)135(98-67-71-107-102-48-25-30-53-116(102)130(3,4)122(107)78-98)127-83-125-113(104-50-27-32-55-119(104)133(125,93-39-16-10-17-40-93)94-41-18-11-19-42-94)81-110(127)89-63-61-87(62-64-89)86-57-59-88(60-58-86)91-65-74-118-112(76-91)109-73-69-100(80-124(109)132(118,7)8)136(99-68-72-108-103-49-26-31-54-117(103)131(5,6)123(108)79-99)128-84-126-114(82-111(128)92-38-34-37-90(75-92)85-35-14-9-15-36-85)105-51-28-33-56-120(105)134(126,95-43-20-12-21-44-95)96-45-22-13-23-46-96/h9-84H,1-8H3. The fourth-order valence-electron chi connectivity index (χ4n) is 25.4. The SMILES string of the molecule is CC1(C)c2ccccc2-c2ccc(N(c3ccc4c(c3)C(C)(C)c3ccccc3-4)c3cc4c(cc3-c3ccc(-c5ccc(-c6ccc7c(c6)-c6ccc(N(c8ccc9c(c8)C(C)(C)c8ccccc8-9)c8cc9c(cc8-c8cccc(-c%10ccccc%10)c8)-c8ccccc8C9(c8ccccc8)c8ccccc8)cc6C7(C)C)cc5)cc3)-c3ccccc3C4(c3ccccc3)c3ccccc3)cc21. The Morgan fingerprint density at radius 1 is 0.132 bits per heavy atom. The second kappa shape index (κ2) is 30.3. The van der Waals surface area contributed by atoms with E-state index in [2.05, 4.69) is 526 Å². The molecule has 0 aliphatic heterocycles. The van der Waals surface area contributed by atoms with Gasteiger partial charge in [0.2, 0.25) is 0 Å². The number of hydrogen-bond acceptors (Lipinski definition) is 2. The molecule has 0 heterocycles. The molecule has 0 fully saturated rings. The molecule has 0 unspecified atom stereocenters. The van der Waals surface area contributed by atoms with Crippen LogP contribution in [-0.2, 0) is 32.5 Å². The van der Waals surface area contributed by atoms with Gasteiger partial charge in [-0.05, 0) is 285 Å². The molecule has 0 radical (unpaired) electrons. The van der Waals surface area contributed by atoms with Gasteiger partial charge in [0.1, 0.15) is 0 Å². The van der Waals surface area contributed by atoms with Gasteiger partial charge in [-0.3, -0.25) is 0 Å². The van der Waals surface area contributed by atoms with Crippen molar-refractivity contribution < 1.29 is 0 Å². The van der Waals surface area contributed by atoms with Crippen LogP contribution in [0, 0.1) is 0 Å². The monoisotopic (exact) mass is 1740 g/mol. The predicted octanol–water partition coefficient (Wildman–Crippen LogP) is 34.9. The van der Waals surface area contributed by atoms with Crippen LogP contribution in [0.5, 0.6) is 0 Å². The van der Waals surface area contributed by atoms with Crippen molar-refractivity contribution in [2.75, 3.05) is 9.80 Å². The summed E-state index contributed by atoms with van der Waals surface area (Å²) >= 11 is 0. The summed E-state index contributed by atoms with van der Waals surface area (Å²) in [6.45, 7) is 19.3. The third-order valence-corrected chi connectivity index (χ3v) is 32.1. The lowest BCUT2D eigenvalue weighted by molar-refractivity contribution is 0.659. The van der Waals surface area contributed by atoms with Gasteiger partial charge in [0.15, 0.2) is 0 Å². The average Bonchev–Trinajstić information content (AvgIpc) is 1.53. The molecule has 6 aliphatic rings. The first-order chi connectivity index (χ1) is 66.4. The molecule has 0 saturated heterocycles. The Kier molecular flexibility index (Phi) is 18.0. The van der Waals surface area contributed by atoms with Gasteiger partial charge < -0.3 is 9.80 Å². The molecule has 20 aromatic carbocycles. The molecule has 6 aliphatic carbocycles. The van der Waals surface area contributed by atoms with Crippen molar-refractivity contribution in [2.24, 2.45) is 0 Å². The number of benzene rings is 20. The van der Waals surface area contributed by atoms with E-state index in [4.69, 9.17) is 0 Å².